The first kappa shape index (κ1) is 20.3. The SMILES string of the molecule is Cc1nc2ccc(-c3ccn4nc(N[C@@H]5CCC(=O)N(C)C5)ncc34)nc2n1CC(F)F. The average molecular weight is 440 g/mol. The molecule has 0 spiro atoms. The first-order valence-electron chi connectivity index (χ1n) is 10.4. The van der Waals surface area contributed by atoms with Gasteiger partial charge in [0.1, 0.15) is 11.3 Å². The van der Waals surface area contributed by atoms with E-state index >= 15 is 0 Å². The summed E-state index contributed by atoms with van der Waals surface area (Å²) in [4.78, 5) is 26.8. The van der Waals surface area contributed by atoms with Crippen LogP contribution in [0.3, 0.4) is 0 Å². The van der Waals surface area contributed by atoms with Crippen molar-refractivity contribution in [2.45, 2.75) is 38.8 Å². The van der Waals surface area contributed by atoms with Gasteiger partial charge in [-0.3, -0.25) is 4.79 Å². The predicted octanol–water partition coefficient (Wildman–Crippen LogP) is 2.75. The number of halogens is 2. The van der Waals surface area contributed by atoms with Gasteiger partial charge in [0.15, 0.2) is 5.65 Å². The predicted molar refractivity (Wildman–Crippen MR) is 115 cm³/mol. The maximum atomic E-state index is 13.0. The fraction of sp³-hybridized carbons (Fsp3) is 0.381. The highest BCUT2D eigenvalue weighted by atomic mass is 19.3. The second-order valence-electron chi connectivity index (χ2n) is 8.00. The Labute approximate surface area is 182 Å². The molecule has 1 amide bonds. The molecule has 1 saturated heterocycles. The standard InChI is InChI=1S/C21H22F2N8O/c1-12-25-16-5-4-15(27-20(16)30(12)11-18(22)23)14-7-8-31-17(14)9-24-21(28-31)26-13-3-6-19(32)29(2)10-13/h4-5,7-9,13,18H,3,6,10-11H2,1-2H3,(H,26,28)/t13-/m1/s1. The Hall–Kier alpha value is -3.63. The minimum atomic E-state index is -2.49. The molecule has 1 fully saturated rings. The minimum absolute atomic E-state index is 0.0904. The van der Waals surface area contributed by atoms with Crippen molar-refractivity contribution in [3.63, 3.8) is 0 Å². The van der Waals surface area contributed by atoms with Gasteiger partial charge in [0.25, 0.3) is 6.43 Å². The number of nitrogens with zero attached hydrogens (tertiary/aromatic N) is 7. The van der Waals surface area contributed by atoms with Crippen LogP contribution >= 0.6 is 0 Å². The van der Waals surface area contributed by atoms with Gasteiger partial charge >= 0.3 is 0 Å². The van der Waals surface area contributed by atoms with E-state index in [0.29, 0.717) is 41.6 Å². The van der Waals surface area contributed by atoms with Gasteiger partial charge in [-0.25, -0.2) is 28.2 Å². The Kier molecular flexibility index (Phi) is 4.95. The Morgan fingerprint density at radius 3 is 2.88 bits per heavy atom. The van der Waals surface area contributed by atoms with E-state index in [1.54, 1.807) is 35.6 Å². The highest BCUT2D eigenvalue weighted by molar-refractivity contribution is 5.82. The number of fused-ring (bicyclic) bond motifs is 2. The zero-order valence-corrected chi connectivity index (χ0v) is 17.7. The molecule has 1 aliphatic heterocycles. The number of carbonyl (C=O) groups is 1. The number of rotatable bonds is 5. The number of piperidine rings is 1. The quantitative estimate of drug-likeness (QED) is 0.513. The van der Waals surface area contributed by atoms with Crippen molar-refractivity contribution in [1.82, 2.24) is 34.0 Å². The zero-order valence-electron chi connectivity index (χ0n) is 17.7. The molecule has 0 radical (unpaired) electrons. The molecule has 1 atom stereocenters. The van der Waals surface area contributed by atoms with Crippen LogP contribution in [0.25, 0.3) is 27.9 Å². The Balaban J connectivity index is 1.45. The van der Waals surface area contributed by atoms with Crippen LogP contribution in [-0.2, 0) is 11.3 Å². The Bertz CT molecular complexity index is 1310. The normalized spacial score (nSPS) is 17.1. The van der Waals surface area contributed by atoms with Gasteiger partial charge in [0.05, 0.1) is 24.0 Å². The lowest BCUT2D eigenvalue weighted by atomic mass is 10.1. The number of pyridine rings is 1. The molecule has 1 N–H and O–H groups in total. The fourth-order valence-electron chi connectivity index (χ4n) is 4.12. The summed E-state index contributed by atoms with van der Waals surface area (Å²) < 4.78 is 29.2. The molecule has 0 aliphatic carbocycles. The number of carbonyl (C=O) groups excluding carboxylic acids is 1. The van der Waals surface area contributed by atoms with Gasteiger partial charge in [-0.05, 0) is 31.5 Å². The van der Waals surface area contributed by atoms with Crippen LogP contribution in [0.4, 0.5) is 14.7 Å². The largest absolute Gasteiger partial charge is 0.348 e. The van der Waals surface area contributed by atoms with Crippen molar-refractivity contribution in [2.24, 2.45) is 0 Å². The molecule has 4 aromatic rings. The minimum Gasteiger partial charge on any atom is -0.348 e. The van der Waals surface area contributed by atoms with Gasteiger partial charge in [-0.15, -0.1) is 5.10 Å². The third kappa shape index (κ3) is 3.63. The van der Waals surface area contributed by atoms with Gasteiger partial charge in [-0.1, -0.05) is 0 Å². The Morgan fingerprint density at radius 1 is 1.25 bits per heavy atom. The molecule has 1 aliphatic rings. The van der Waals surface area contributed by atoms with Crippen molar-refractivity contribution in [1.29, 1.82) is 0 Å². The van der Waals surface area contributed by atoms with E-state index in [0.717, 1.165) is 17.5 Å². The van der Waals surface area contributed by atoms with E-state index in [2.05, 4.69) is 25.4 Å². The number of aromatic nitrogens is 6. The number of nitrogens with one attached hydrogen (secondary N) is 1. The van der Waals surface area contributed by atoms with E-state index < -0.39 is 13.0 Å². The summed E-state index contributed by atoms with van der Waals surface area (Å²) in [6, 6.07) is 5.56. The van der Waals surface area contributed by atoms with Crippen molar-refractivity contribution < 1.29 is 13.6 Å². The number of aryl methyl sites for hydroxylation is 1. The summed E-state index contributed by atoms with van der Waals surface area (Å²) in [5, 5.41) is 7.82. The molecule has 5 heterocycles. The molecule has 0 aromatic carbocycles. The first-order chi connectivity index (χ1) is 15.4. The number of anilines is 1. The second kappa shape index (κ2) is 7.81. The third-order valence-corrected chi connectivity index (χ3v) is 5.76. The van der Waals surface area contributed by atoms with Crippen LogP contribution in [0.5, 0.6) is 0 Å². The first-order valence-corrected chi connectivity index (χ1v) is 10.4. The number of hydrogen-bond donors (Lipinski definition) is 1. The highest BCUT2D eigenvalue weighted by Crippen LogP contribution is 2.26. The lowest BCUT2D eigenvalue weighted by molar-refractivity contribution is -0.132. The van der Waals surface area contributed by atoms with E-state index in [-0.39, 0.29) is 11.9 Å². The smallest absolute Gasteiger partial charge is 0.256 e. The number of likely N-dealkylation sites (N-methyl/N-ethyl adjacent to an activating group) is 1. The van der Waals surface area contributed by atoms with Crippen LogP contribution in [0.1, 0.15) is 18.7 Å². The summed E-state index contributed by atoms with van der Waals surface area (Å²) in [5.74, 6) is 1.12. The maximum absolute atomic E-state index is 13.0. The van der Waals surface area contributed by atoms with E-state index in [1.807, 2.05) is 18.3 Å². The van der Waals surface area contributed by atoms with Gasteiger partial charge < -0.3 is 14.8 Å². The average Bonchev–Trinajstić information content (AvgIpc) is 3.31. The number of alkyl halides is 2. The molecular weight excluding hydrogens is 418 g/mol. The van der Waals surface area contributed by atoms with Crippen molar-refractivity contribution >= 4 is 28.5 Å². The Morgan fingerprint density at radius 2 is 2.09 bits per heavy atom. The topological polar surface area (TPSA) is 93.2 Å². The molecule has 0 saturated carbocycles. The monoisotopic (exact) mass is 440 g/mol. The molecule has 11 heteroatoms. The molecule has 0 bridgehead atoms. The van der Waals surface area contributed by atoms with Crippen LogP contribution in [-0.4, -0.2) is 66.0 Å². The van der Waals surface area contributed by atoms with Crippen molar-refractivity contribution in [3.05, 3.63) is 36.4 Å². The molecule has 5 rings (SSSR count). The van der Waals surface area contributed by atoms with E-state index in [9.17, 15) is 13.6 Å². The molecule has 32 heavy (non-hydrogen) atoms. The van der Waals surface area contributed by atoms with Gasteiger partial charge in [0, 0.05) is 37.8 Å². The number of hydrogen-bond acceptors (Lipinski definition) is 6. The van der Waals surface area contributed by atoms with E-state index in [1.165, 1.54) is 4.57 Å². The summed E-state index contributed by atoms with van der Waals surface area (Å²) in [6.45, 7) is 1.85. The zero-order chi connectivity index (χ0) is 22.4. The van der Waals surface area contributed by atoms with Gasteiger partial charge in [-0.2, -0.15) is 0 Å². The number of imidazole rings is 1. The van der Waals surface area contributed by atoms with Crippen molar-refractivity contribution in [3.8, 4) is 11.3 Å². The molecule has 0 unspecified atom stereocenters. The molecule has 9 nitrogen and oxygen atoms in total. The van der Waals surface area contributed by atoms with Crippen LogP contribution in [0.2, 0.25) is 0 Å². The summed E-state index contributed by atoms with van der Waals surface area (Å²) in [6.07, 6.45) is 2.25. The lowest BCUT2D eigenvalue weighted by Crippen LogP contribution is -2.43. The molecule has 4 aromatic heterocycles. The van der Waals surface area contributed by atoms with Crippen LogP contribution in [0.15, 0.2) is 30.6 Å². The molecular formula is C21H22F2N8O. The van der Waals surface area contributed by atoms with Crippen molar-refractivity contribution in [2.75, 3.05) is 18.9 Å². The maximum Gasteiger partial charge on any atom is 0.256 e. The van der Waals surface area contributed by atoms with Crippen LogP contribution in [0, 0.1) is 6.92 Å². The fourth-order valence-corrected chi connectivity index (χ4v) is 4.12. The summed E-state index contributed by atoms with van der Waals surface area (Å²) >= 11 is 0. The highest BCUT2D eigenvalue weighted by Gasteiger charge is 2.23. The lowest BCUT2D eigenvalue weighted by Gasteiger charge is -2.30. The summed E-state index contributed by atoms with van der Waals surface area (Å²) in [7, 11) is 1.79. The summed E-state index contributed by atoms with van der Waals surface area (Å²) in [5.41, 5.74) is 3.18. The number of likely N-dealkylation sites (tertiary alicyclic amines) is 1. The van der Waals surface area contributed by atoms with Crippen LogP contribution < -0.4 is 5.32 Å². The van der Waals surface area contributed by atoms with E-state index in [4.69, 9.17) is 0 Å². The molecule has 166 valence electrons. The second-order valence-corrected chi connectivity index (χ2v) is 8.00. The number of amides is 1. The third-order valence-electron chi connectivity index (χ3n) is 5.76. The van der Waals surface area contributed by atoms with Gasteiger partial charge in [0.2, 0.25) is 11.9 Å².